The first-order chi connectivity index (χ1) is 12.1. The summed E-state index contributed by atoms with van der Waals surface area (Å²) in [6.45, 7) is 4.62. The lowest BCUT2D eigenvalue weighted by Crippen LogP contribution is -2.28. The number of amides is 1. The lowest BCUT2D eigenvalue weighted by Gasteiger charge is -2.14. The highest BCUT2D eigenvalue weighted by atomic mass is 16.5. The Hall–Kier alpha value is -2.82. The van der Waals surface area contributed by atoms with Crippen molar-refractivity contribution in [3.63, 3.8) is 0 Å². The van der Waals surface area contributed by atoms with Gasteiger partial charge in [-0.2, -0.15) is 0 Å². The van der Waals surface area contributed by atoms with Gasteiger partial charge >= 0.3 is 5.97 Å². The Balaban J connectivity index is 1.74. The van der Waals surface area contributed by atoms with Gasteiger partial charge in [-0.3, -0.25) is 4.79 Å². The van der Waals surface area contributed by atoms with Crippen molar-refractivity contribution in [3.05, 3.63) is 65.7 Å². The number of carbonyl (C=O) groups excluding carboxylic acids is 2. The van der Waals surface area contributed by atoms with E-state index in [0.717, 1.165) is 11.3 Å². The van der Waals surface area contributed by atoms with E-state index in [2.05, 4.69) is 10.6 Å². The first-order valence-corrected chi connectivity index (χ1v) is 8.45. The van der Waals surface area contributed by atoms with E-state index in [4.69, 9.17) is 4.74 Å². The Morgan fingerprint density at radius 2 is 1.72 bits per heavy atom. The summed E-state index contributed by atoms with van der Waals surface area (Å²) >= 11 is 0. The molecule has 0 aliphatic carbocycles. The molecule has 0 heterocycles. The molecule has 0 aliphatic heterocycles. The molecule has 1 amide bonds. The molecule has 0 saturated heterocycles. The molecule has 0 aliphatic rings. The Kier molecular flexibility index (Phi) is 7.01. The predicted octanol–water partition coefficient (Wildman–Crippen LogP) is 3.54. The van der Waals surface area contributed by atoms with Crippen molar-refractivity contribution in [3.8, 4) is 0 Å². The molecule has 1 unspecified atom stereocenters. The third kappa shape index (κ3) is 5.95. The summed E-state index contributed by atoms with van der Waals surface area (Å²) in [5, 5.41) is 6.15. The summed E-state index contributed by atoms with van der Waals surface area (Å²) in [5.41, 5.74) is 2.46. The molecule has 0 aromatic heterocycles. The molecule has 0 spiro atoms. The van der Waals surface area contributed by atoms with Gasteiger partial charge < -0.3 is 15.4 Å². The predicted molar refractivity (Wildman–Crippen MR) is 98.5 cm³/mol. The fourth-order valence-electron chi connectivity index (χ4n) is 2.40. The van der Waals surface area contributed by atoms with Gasteiger partial charge in [0.05, 0.1) is 18.2 Å². The molecule has 0 fully saturated rings. The number of anilines is 1. The summed E-state index contributed by atoms with van der Waals surface area (Å²) in [6, 6.07) is 16.9. The minimum Gasteiger partial charge on any atom is -0.462 e. The molecule has 2 aromatic carbocycles. The number of carbonyl (C=O) groups is 2. The van der Waals surface area contributed by atoms with Gasteiger partial charge in [-0.15, -0.1) is 0 Å². The summed E-state index contributed by atoms with van der Waals surface area (Å²) in [7, 11) is 0. The van der Waals surface area contributed by atoms with Crippen molar-refractivity contribution in [2.24, 2.45) is 0 Å². The van der Waals surface area contributed by atoms with Crippen molar-refractivity contribution < 1.29 is 14.3 Å². The number of hydrogen-bond acceptors (Lipinski definition) is 4. The summed E-state index contributed by atoms with van der Waals surface area (Å²) in [5.74, 6) is -0.338. The van der Waals surface area contributed by atoms with Crippen LogP contribution in [0.25, 0.3) is 0 Å². The maximum Gasteiger partial charge on any atom is 0.338 e. The van der Waals surface area contributed by atoms with Gasteiger partial charge in [0, 0.05) is 18.7 Å². The molecule has 2 N–H and O–H groups in total. The number of benzene rings is 2. The number of hydrogen-bond donors (Lipinski definition) is 2. The van der Waals surface area contributed by atoms with Crippen LogP contribution in [0, 0.1) is 0 Å². The highest BCUT2D eigenvalue weighted by molar-refractivity contribution is 5.89. The van der Waals surface area contributed by atoms with E-state index >= 15 is 0 Å². The van der Waals surface area contributed by atoms with E-state index < -0.39 is 0 Å². The summed E-state index contributed by atoms with van der Waals surface area (Å²) in [6.07, 6.45) is 0.372. The van der Waals surface area contributed by atoms with Crippen molar-refractivity contribution in [1.82, 2.24) is 5.32 Å². The maximum absolute atomic E-state index is 12.0. The topological polar surface area (TPSA) is 67.4 Å². The first-order valence-electron chi connectivity index (χ1n) is 8.45. The third-order valence-corrected chi connectivity index (χ3v) is 3.75. The highest BCUT2D eigenvalue weighted by Gasteiger charge is 2.09. The number of ether oxygens (including phenoxy) is 1. The van der Waals surface area contributed by atoms with Crippen LogP contribution < -0.4 is 10.6 Å². The van der Waals surface area contributed by atoms with Gasteiger partial charge in [0.2, 0.25) is 5.91 Å². The van der Waals surface area contributed by atoms with Gasteiger partial charge in [-0.05, 0) is 43.7 Å². The molecule has 5 nitrogen and oxygen atoms in total. The Morgan fingerprint density at radius 3 is 2.36 bits per heavy atom. The molecule has 25 heavy (non-hydrogen) atoms. The van der Waals surface area contributed by atoms with E-state index in [9.17, 15) is 9.59 Å². The monoisotopic (exact) mass is 340 g/mol. The second kappa shape index (κ2) is 9.47. The Morgan fingerprint density at radius 1 is 1.04 bits per heavy atom. The standard InChI is InChI=1S/C20H24N2O3/c1-3-25-20(24)17-9-11-18(12-10-17)21-14-13-19(23)22-15(2)16-7-5-4-6-8-16/h4-12,15,21H,3,13-14H2,1-2H3,(H,22,23). The zero-order valence-electron chi connectivity index (χ0n) is 14.6. The van der Waals surface area contributed by atoms with E-state index in [-0.39, 0.29) is 17.9 Å². The molecule has 132 valence electrons. The lowest BCUT2D eigenvalue weighted by atomic mass is 10.1. The largest absolute Gasteiger partial charge is 0.462 e. The SMILES string of the molecule is CCOC(=O)c1ccc(NCCC(=O)NC(C)c2ccccc2)cc1. The number of rotatable bonds is 8. The van der Waals surface area contributed by atoms with Crippen LogP contribution in [0.3, 0.4) is 0 Å². The maximum atomic E-state index is 12.0. The van der Waals surface area contributed by atoms with Gasteiger partial charge in [-0.1, -0.05) is 30.3 Å². The Labute approximate surface area is 148 Å². The van der Waals surface area contributed by atoms with E-state index in [0.29, 0.717) is 25.1 Å². The minimum absolute atomic E-state index is 0.00741. The van der Waals surface area contributed by atoms with E-state index in [1.807, 2.05) is 37.3 Å². The first kappa shape index (κ1) is 18.5. The molecule has 2 rings (SSSR count). The Bertz CT molecular complexity index is 684. The van der Waals surface area contributed by atoms with E-state index in [1.165, 1.54) is 0 Å². The molecular formula is C20H24N2O3. The molecule has 2 aromatic rings. The van der Waals surface area contributed by atoms with E-state index in [1.54, 1.807) is 31.2 Å². The second-order valence-electron chi connectivity index (χ2n) is 5.67. The van der Waals surface area contributed by atoms with Crippen LogP contribution in [0.2, 0.25) is 0 Å². The normalized spacial score (nSPS) is 11.4. The molecule has 0 saturated carbocycles. The fraction of sp³-hybridized carbons (Fsp3) is 0.300. The quantitative estimate of drug-likeness (QED) is 0.721. The van der Waals surface area contributed by atoms with Crippen LogP contribution >= 0.6 is 0 Å². The highest BCUT2D eigenvalue weighted by Crippen LogP contribution is 2.12. The third-order valence-electron chi connectivity index (χ3n) is 3.75. The van der Waals surface area contributed by atoms with Gasteiger partial charge in [0.25, 0.3) is 0 Å². The zero-order chi connectivity index (χ0) is 18.1. The average molecular weight is 340 g/mol. The number of esters is 1. The fourth-order valence-corrected chi connectivity index (χ4v) is 2.40. The van der Waals surface area contributed by atoms with Crippen LogP contribution in [0.1, 0.15) is 42.2 Å². The van der Waals surface area contributed by atoms with Crippen LogP contribution in [0.4, 0.5) is 5.69 Å². The second-order valence-corrected chi connectivity index (χ2v) is 5.67. The van der Waals surface area contributed by atoms with Crippen LogP contribution in [0.5, 0.6) is 0 Å². The van der Waals surface area contributed by atoms with Gasteiger partial charge in [0.15, 0.2) is 0 Å². The summed E-state index contributed by atoms with van der Waals surface area (Å²) in [4.78, 5) is 23.6. The molecule has 0 bridgehead atoms. The molecular weight excluding hydrogens is 316 g/mol. The van der Waals surface area contributed by atoms with Crippen molar-refractivity contribution in [1.29, 1.82) is 0 Å². The van der Waals surface area contributed by atoms with Crippen molar-refractivity contribution in [2.75, 3.05) is 18.5 Å². The van der Waals surface area contributed by atoms with Crippen LogP contribution in [0.15, 0.2) is 54.6 Å². The van der Waals surface area contributed by atoms with Gasteiger partial charge in [-0.25, -0.2) is 4.79 Å². The molecule has 1 atom stereocenters. The lowest BCUT2D eigenvalue weighted by molar-refractivity contribution is -0.121. The zero-order valence-corrected chi connectivity index (χ0v) is 14.6. The van der Waals surface area contributed by atoms with Crippen LogP contribution in [-0.4, -0.2) is 25.0 Å². The molecule has 5 heteroatoms. The minimum atomic E-state index is -0.330. The number of nitrogens with one attached hydrogen (secondary N) is 2. The average Bonchev–Trinajstić information content (AvgIpc) is 2.63. The van der Waals surface area contributed by atoms with Crippen molar-refractivity contribution in [2.45, 2.75) is 26.3 Å². The van der Waals surface area contributed by atoms with Crippen molar-refractivity contribution >= 4 is 17.6 Å². The smallest absolute Gasteiger partial charge is 0.338 e. The summed E-state index contributed by atoms with van der Waals surface area (Å²) < 4.78 is 4.94. The van der Waals surface area contributed by atoms with Crippen LogP contribution in [-0.2, 0) is 9.53 Å². The van der Waals surface area contributed by atoms with Gasteiger partial charge in [0.1, 0.15) is 0 Å². The molecule has 0 radical (unpaired) electrons.